The van der Waals surface area contributed by atoms with E-state index in [0.717, 1.165) is 23.9 Å². The fraction of sp³-hybridized carbons (Fsp3) is 0.400. The number of rotatable bonds is 6. The van der Waals surface area contributed by atoms with Gasteiger partial charge in [0.2, 0.25) is 10.0 Å². The largest absolute Gasteiger partial charge is 0.348 e. The zero-order valence-electron chi connectivity index (χ0n) is 12.5. The Kier molecular flexibility index (Phi) is 5.21. The maximum Gasteiger partial charge on any atom is 0.240 e. The number of hydrogen-bond acceptors (Lipinski definition) is 5. The van der Waals surface area contributed by atoms with Gasteiger partial charge in [0.05, 0.1) is 10.6 Å². The number of aromatic nitrogens is 1. The van der Waals surface area contributed by atoms with Crippen LogP contribution < -0.4 is 9.62 Å². The van der Waals surface area contributed by atoms with Crippen molar-refractivity contribution in [2.45, 2.75) is 24.2 Å². The molecule has 8 heteroatoms. The van der Waals surface area contributed by atoms with Crippen LogP contribution in [-0.2, 0) is 16.4 Å². The molecule has 0 amide bonds. The van der Waals surface area contributed by atoms with Crippen molar-refractivity contribution in [1.29, 1.82) is 0 Å². The van der Waals surface area contributed by atoms with Gasteiger partial charge in [0.15, 0.2) is 5.13 Å². The molecule has 23 heavy (non-hydrogen) atoms. The van der Waals surface area contributed by atoms with E-state index in [1.165, 1.54) is 25.0 Å². The minimum absolute atomic E-state index is 0.220. The van der Waals surface area contributed by atoms with E-state index < -0.39 is 10.0 Å². The highest BCUT2D eigenvalue weighted by Gasteiger charge is 2.16. The molecular formula is C15H18ClN3O2S2. The Morgan fingerprint density at radius 1 is 1.22 bits per heavy atom. The van der Waals surface area contributed by atoms with Crippen molar-refractivity contribution in [3.05, 3.63) is 40.4 Å². The number of nitrogens with zero attached hydrogens (tertiary/aromatic N) is 2. The Labute approximate surface area is 145 Å². The summed E-state index contributed by atoms with van der Waals surface area (Å²) in [5.41, 5.74) is 0.927. The van der Waals surface area contributed by atoms with E-state index >= 15 is 0 Å². The number of sulfonamides is 1. The number of hydrogen-bond donors (Lipinski definition) is 1. The van der Waals surface area contributed by atoms with Gasteiger partial charge in [-0.15, -0.1) is 11.3 Å². The van der Waals surface area contributed by atoms with E-state index in [-0.39, 0.29) is 4.90 Å². The second kappa shape index (κ2) is 7.17. The van der Waals surface area contributed by atoms with Gasteiger partial charge < -0.3 is 4.90 Å². The van der Waals surface area contributed by atoms with E-state index in [1.807, 2.05) is 5.38 Å². The number of anilines is 1. The molecule has 1 saturated heterocycles. The third-order valence-corrected chi connectivity index (χ3v) is 6.39. The van der Waals surface area contributed by atoms with E-state index in [0.29, 0.717) is 18.0 Å². The fourth-order valence-corrected chi connectivity index (χ4v) is 4.55. The molecule has 0 atom stereocenters. The summed E-state index contributed by atoms with van der Waals surface area (Å²) >= 11 is 7.40. The highest BCUT2D eigenvalue weighted by Crippen LogP contribution is 2.24. The smallest absolute Gasteiger partial charge is 0.240 e. The molecule has 5 nitrogen and oxygen atoms in total. The van der Waals surface area contributed by atoms with Crippen LogP contribution >= 0.6 is 22.9 Å². The van der Waals surface area contributed by atoms with Crippen LogP contribution in [0.15, 0.2) is 34.5 Å². The summed E-state index contributed by atoms with van der Waals surface area (Å²) in [7, 11) is -3.50. The number of nitrogens with one attached hydrogen (secondary N) is 1. The normalized spacial score (nSPS) is 15.3. The number of halogens is 1. The summed E-state index contributed by atoms with van der Waals surface area (Å²) in [6.45, 7) is 2.46. The number of benzene rings is 1. The first kappa shape index (κ1) is 16.7. The molecule has 1 aromatic carbocycles. The lowest BCUT2D eigenvalue weighted by Gasteiger charge is -2.12. The van der Waals surface area contributed by atoms with Crippen LogP contribution in [0, 0.1) is 0 Å². The molecule has 1 fully saturated rings. The molecule has 0 aliphatic carbocycles. The molecule has 2 heterocycles. The van der Waals surface area contributed by atoms with E-state index in [4.69, 9.17) is 11.6 Å². The molecule has 1 aliphatic rings. The molecule has 2 aromatic rings. The van der Waals surface area contributed by atoms with Gasteiger partial charge in [0.1, 0.15) is 0 Å². The van der Waals surface area contributed by atoms with Gasteiger partial charge in [-0.2, -0.15) is 0 Å². The lowest BCUT2D eigenvalue weighted by molar-refractivity contribution is 0.581. The van der Waals surface area contributed by atoms with Crippen LogP contribution in [-0.4, -0.2) is 33.0 Å². The van der Waals surface area contributed by atoms with Crippen molar-refractivity contribution in [3.8, 4) is 0 Å². The summed E-state index contributed by atoms with van der Waals surface area (Å²) in [6.07, 6.45) is 3.02. The van der Waals surface area contributed by atoms with Crippen molar-refractivity contribution in [1.82, 2.24) is 9.71 Å². The molecular weight excluding hydrogens is 354 g/mol. The van der Waals surface area contributed by atoms with Crippen LogP contribution in [0.5, 0.6) is 0 Å². The minimum Gasteiger partial charge on any atom is -0.348 e. The minimum atomic E-state index is -3.50. The van der Waals surface area contributed by atoms with Gasteiger partial charge in [0.25, 0.3) is 0 Å². The standard InChI is InChI=1S/C15H18ClN3O2S2/c16-12-3-5-14(6-4-12)23(20,21)17-8-7-13-11-22-15(18-13)19-9-1-2-10-19/h3-6,11,17H,1-2,7-10H2. The molecule has 0 unspecified atom stereocenters. The first-order valence-corrected chi connectivity index (χ1v) is 10.2. The Hall–Kier alpha value is -1.15. The van der Waals surface area contributed by atoms with Crippen molar-refractivity contribution in [3.63, 3.8) is 0 Å². The zero-order valence-corrected chi connectivity index (χ0v) is 14.9. The predicted octanol–water partition coefficient (Wildman–Crippen LogP) is 2.92. The Morgan fingerprint density at radius 3 is 2.61 bits per heavy atom. The monoisotopic (exact) mass is 371 g/mol. The maximum absolute atomic E-state index is 12.2. The predicted molar refractivity (Wildman–Crippen MR) is 93.9 cm³/mol. The van der Waals surface area contributed by atoms with Gasteiger partial charge in [0, 0.05) is 36.5 Å². The van der Waals surface area contributed by atoms with Crippen LogP contribution in [0.25, 0.3) is 0 Å². The highest BCUT2D eigenvalue weighted by molar-refractivity contribution is 7.89. The molecule has 0 radical (unpaired) electrons. The van der Waals surface area contributed by atoms with Crippen LogP contribution in [0.4, 0.5) is 5.13 Å². The second-order valence-corrected chi connectivity index (χ2v) is 8.46. The van der Waals surface area contributed by atoms with Crippen molar-refractivity contribution in [2.24, 2.45) is 0 Å². The van der Waals surface area contributed by atoms with Crippen molar-refractivity contribution >= 4 is 38.1 Å². The summed E-state index contributed by atoms with van der Waals surface area (Å²) in [5.74, 6) is 0. The average Bonchev–Trinajstić information content (AvgIpc) is 3.18. The molecule has 0 saturated carbocycles. The molecule has 1 aromatic heterocycles. The second-order valence-electron chi connectivity index (χ2n) is 5.42. The number of thiazole rings is 1. The first-order valence-electron chi connectivity index (χ1n) is 7.49. The Balaban J connectivity index is 1.55. The fourth-order valence-electron chi connectivity index (χ4n) is 2.48. The quantitative estimate of drug-likeness (QED) is 0.848. The highest BCUT2D eigenvalue weighted by atomic mass is 35.5. The summed E-state index contributed by atoms with van der Waals surface area (Å²) in [5, 5.41) is 3.56. The molecule has 0 spiro atoms. The summed E-state index contributed by atoms with van der Waals surface area (Å²) < 4.78 is 26.9. The van der Waals surface area contributed by atoms with E-state index in [9.17, 15) is 8.42 Å². The molecule has 3 rings (SSSR count). The first-order chi connectivity index (χ1) is 11.0. The summed E-state index contributed by atoms with van der Waals surface area (Å²) in [4.78, 5) is 7.09. The van der Waals surface area contributed by atoms with E-state index in [1.54, 1.807) is 23.5 Å². The van der Waals surface area contributed by atoms with Crippen LogP contribution in [0.2, 0.25) is 5.02 Å². The van der Waals surface area contributed by atoms with Crippen molar-refractivity contribution < 1.29 is 8.42 Å². The third kappa shape index (κ3) is 4.23. The molecule has 1 N–H and O–H groups in total. The summed E-state index contributed by atoms with van der Waals surface area (Å²) in [6, 6.07) is 6.13. The maximum atomic E-state index is 12.2. The van der Waals surface area contributed by atoms with Gasteiger partial charge >= 0.3 is 0 Å². The Bertz CT molecular complexity index is 753. The Morgan fingerprint density at radius 2 is 1.91 bits per heavy atom. The zero-order chi connectivity index (χ0) is 16.3. The van der Waals surface area contributed by atoms with Crippen LogP contribution in [0.3, 0.4) is 0 Å². The van der Waals surface area contributed by atoms with Gasteiger partial charge in [-0.1, -0.05) is 11.6 Å². The molecule has 0 bridgehead atoms. The molecule has 124 valence electrons. The lowest BCUT2D eigenvalue weighted by atomic mass is 10.3. The SMILES string of the molecule is O=S(=O)(NCCc1csc(N2CCCC2)n1)c1ccc(Cl)cc1. The van der Waals surface area contributed by atoms with E-state index in [2.05, 4.69) is 14.6 Å². The van der Waals surface area contributed by atoms with Gasteiger partial charge in [-0.3, -0.25) is 0 Å². The topological polar surface area (TPSA) is 62.3 Å². The van der Waals surface area contributed by atoms with Gasteiger partial charge in [-0.05, 0) is 37.1 Å². The average molecular weight is 372 g/mol. The van der Waals surface area contributed by atoms with Crippen molar-refractivity contribution in [2.75, 3.05) is 24.5 Å². The van der Waals surface area contributed by atoms with Crippen LogP contribution in [0.1, 0.15) is 18.5 Å². The molecule has 1 aliphatic heterocycles. The van der Waals surface area contributed by atoms with Gasteiger partial charge in [-0.25, -0.2) is 18.1 Å². The third-order valence-electron chi connectivity index (χ3n) is 3.71. The lowest BCUT2D eigenvalue weighted by Crippen LogP contribution is -2.26.